The van der Waals surface area contributed by atoms with Crippen molar-refractivity contribution < 1.29 is 0 Å². The Morgan fingerprint density at radius 2 is 2.57 bits per heavy atom. The zero-order chi connectivity index (χ0) is 5.28. The van der Waals surface area contributed by atoms with Gasteiger partial charge in [-0.1, -0.05) is 18.5 Å². The molecule has 1 aliphatic heterocycles. The van der Waals surface area contributed by atoms with E-state index in [1.54, 1.807) is 0 Å². The molecule has 1 aliphatic rings. The first-order chi connectivity index (χ1) is 3.30. The minimum absolute atomic E-state index is 1.00. The van der Waals surface area contributed by atoms with Crippen LogP contribution in [0.2, 0.25) is 6.32 Å². The molecule has 0 amide bonds. The van der Waals surface area contributed by atoms with Crippen molar-refractivity contribution in [2.24, 2.45) is 0 Å². The van der Waals surface area contributed by atoms with Gasteiger partial charge in [-0.15, -0.1) is 0 Å². The highest BCUT2D eigenvalue weighted by molar-refractivity contribution is 7.83. The fourth-order valence-corrected chi connectivity index (χ4v) is 0.857. The van der Waals surface area contributed by atoms with Gasteiger partial charge in [-0.2, -0.15) is 0 Å². The summed E-state index contributed by atoms with van der Waals surface area (Å²) in [6.07, 6.45) is 1.13. The van der Waals surface area contributed by atoms with Gasteiger partial charge >= 0.3 is 0 Å². The zero-order valence-electron chi connectivity index (χ0n) is 4.35. The van der Waals surface area contributed by atoms with E-state index < -0.39 is 0 Å². The van der Waals surface area contributed by atoms with Crippen molar-refractivity contribution in [2.45, 2.75) is 6.32 Å². The summed E-state index contributed by atoms with van der Waals surface area (Å²) in [5.74, 6) is 0. The van der Waals surface area contributed by atoms with E-state index in [1.165, 1.54) is 0 Å². The fourth-order valence-electron chi connectivity index (χ4n) is 0.648. The van der Waals surface area contributed by atoms with Gasteiger partial charge in [0.2, 0.25) is 0 Å². The number of rotatable bonds is 0. The van der Waals surface area contributed by atoms with Crippen molar-refractivity contribution in [2.75, 3.05) is 13.6 Å². The first kappa shape index (κ1) is 5.10. The van der Waals surface area contributed by atoms with Crippen LogP contribution in [0.25, 0.3) is 0 Å². The van der Waals surface area contributed by atoms with Crippen molar-refractivity contribution in [3.05, 3.63) is 0 Å². The molecule has 0 saturated carbocycles. The van der Waals surface area contributed by atoms with E-state index >= 15 is 0 Å². The zero-order valence-corrected chi connectivity index (χ0v) is 5.16. The second-order valence-corrected chi connectivity index (χ2v) is 2.17. The molecule has 0 N–H and O–H groups in total. The van der Waals surface area contributed by atoms with Crippen LogP contribution < -0.4 is 0 Å². The molecule has 0 aromatic carbocycles. The van der Waals surface area contributed by atoms with Crippen LogP contribution in [-0.2, 0) is 0 Å². The van der Waals surface area contributed by atoms with E-state index in [4.69, 9.17) is 12.2 Å². The third-order valence-electron chi connectivity index (χ3n) is 1.16. The predicted molar refractivity (Wildman–Crippen MR) is 35.8 cm³/mol. The molecule has 3 heteroatoms. The van der Waals surface area contributed by atoms with Crippen LogP contribution in [0.3, 0.4) is 0 Å². The molecule has 0 aliphatic carbocycles. The lowest BCUT2D eigenvalue weighted by Crippen LogP contribution is -2.18. The summed E-state index contributed by atoms with van der Waals surface area (Å²) in [5, 5.41) is 0. The molecule has 1 radical (unpaired) electrons. The molecule has 1 fully saturated rings. The van der Waals surface area contributed by atoms with Crippen LogP contribution in [-0.4, -0.2) is 30.7 Å². The molecule has 0 aromatic heterocycles. The molecule has 1 saturated heterocycles. The van der Waals surface area contributed by atoms with E-state index in [2.05, 4.69) is 12.2 Å². The molecule has 7 heavy (non-hydrogen) atoms. The van der Waals surface area contributed by atoms with Crippen molar-refractivity contribution in [3.63, 3.8) is 0 Å². The maximum absolute atomic E-state index is 4.91. The highest BCUT2D eigenvalue weighted by Crippen LogP contribution is 1.99. The largest absolute Gasteiger partial charge is 0.378 e. The van der Waals surface area contributed by atoms with Gasteiger partial charge in [-0.25, -0.2) is 0 Å². The highest BCUT2D eigenvalue weighted by atomic mass is 32.1. The molecule has 0 spiro atoms. The van der Waals surface area contributed by atoms with Crippen LogP contribution in [0.5, 0.6) is 0 Å². The second-order valence-electron chi connectivity index (χ2n) is 1.75. The first-order valence-corrected chi connectivity index (χ1v) is 2.80. The minimum atomic E-state index is 1.00. The Kier molecular flexibility index (Phi) is 1.33. The average Bonchev–Trinajstić information content (AvgIpc) is 1.91. The average molecular weight is 112 g/mol. The van der Waals surface area contributed by atoms with E-state index in [0.717, 1.165) is 17.8 Å². The maximum Gasteiger partial charge on any atom is 0.191 e. The standard InChI is InChI=1S/C4H7BNS/c1-6-3-2-5-4(6)7/h2-3H2,1H3. The normalized spacial score (nSPS) is 20.1. The first-order valence-electron chi connectivity index (χ1n) is 2.39. The summed E-state index contributed by atoms with van der Waals surface area (Å²) < 4.78 is 0. The van der Waals surface area contributed by atoms with Gasteiger partial charge in [0.15, 0.2) is 7.28 Å². The number of thiocarbonyl (C=S) groups is 1. The van der Waals surface area contributed by atoms with Crippen molar-refractivity contribution in [1.29, 1.82) is 0 Å². The molecule has 1 heterocycles. The van der Waals surface area contributed by atoms with Crippen molar-refractivity contribution in [3.8, 4) is 0 Å². The van der Waals surface area contributed by atoms with Gasteiger partial charge in [-0.3, -0.25) is 0 Å². The van der Waals surface area contributed by atoms with Crippen molar-refractivity contribution in [1.82, 2.24) is 4.90 Å². The summed E-state index contributed by atoms with van der Waals surface area (Å²) in [4.78, 5) is 3.08. The molecule has 1 nitrogen and oxygen atoms in total. The van der Waals surface area contributed by atoms with Gasteiger partial charge < -0.3 is 4.90 Å². The Balaban J connectivity index is 2.48. The molecular weight excluding hydrogens is 105 g/mol. The summed E-state index contributed by atoms with van der Waals surface area (Å²) >= 11 is 4.91. The Labute approximate surface area is 49.9 Å². The Bertz CT molecular complexity index is 93.7. The van der Waals surface area contributed by atoms with Gasteiger partial charge in [0.25, 0.3) is 0 Å². The Hall–Kier alpha value is -0.0451. The molecule has 0 unspecified atom stereocenters. The monoisotopic (exact) mass is 112 g/mol. The van der Waals surface area contributed by atoms with E-state index in [1.807, 2.05) is 7.05 Å². The SMILES string of the molecule is CN1CC[B]C1=S. The number of nitrogens with zero attached hydrogens (tertiary/aromatic N) is 1. The molecule has 0 bridgehead atoms. The lowest BCUT2D eigenvalue weighted by atomic mass is 9.78. The molecule has 37 valence electrons. The third-order valence-corrected chi connectivity index (χ3v) is 1.64. The summed E-state index contributed by atoms with van der Waals surface area (Å²) in [7, 11) is 4.10. The number of hydrogen-bond acceptors (Lipinski definition) is 1. The van der Waals surface area contributed by atoms with Crippen molar-refractivity contribution >= 4 is 24.4 Å². The van der Waals surface area contributed by atoms with Crippen LogP contribution in [0.4, 0.5) is 0 Å². The minimum Gasteiger partial charge on any atom is -0.378 e. The highest BCUT2D eigenvalue weighted by Gasteiger charge is 2.11. The van der Waals surface area contributed by atoms with Gasteiger partial charge in [-0.05, 0) is 0 Å². The molecule has 0 aromatic rings. The lowest BCUT2D eigenvalue weighted by Gasteiger charge is -2.07. The molecule has 1 rings (SSSR count). The summed E-state index contributed by atoms with van der Waals surface area (Å²) in [6.45, 7) is 1.11. The van der Waals surface area contributed by atoms with E-state index in [9.17, 15) is 0 Å². The quantitative estimate of drug-likeness (QED) is 0.328. The summed E-state index contributed by atoms with van der Waals surface area (Å²) in [5.41, 5.74) is 0. The Morgan fingerprint density at radius 1 is 1.86 bits per heavy atom. The lowest BCUT2D eigenvalue weighted by molar-refractivity contribution is 0.569. The summed E-state index contributed by atoms with van der Waals surface area (Å²) in [6, 6.07) is 0. The maximum atomic E-state index is 4.91. The van der Waals surface area contributed by atoms with Crippen LogP contribution in [0.15, 0.2) is 0 Å². The van der Waals surface area contributed by atoms with Crippen LogP contribution >= 0.6 is 12.2 Å². The van der Waals surface area contributed by atoms with Gasteiger partial charge in [0.1, 0.15) is 0 Å². The van der Waals surface area contributed by atoms with E-state index in [-0.39, 0.29) is 0 Å². The van der Waals surface area contributed by atoms with Gasteiger partial charge in [0.05, 0.1) is 0 Å². The number of hydrogen-bond donors (Lipinski definition) is 0. The molecular formula is C4H7BNS. The fraction of sp³-hybridized carbons (Fsp3) is 0.750. The molecule has 0 atom stereocenters. The van der Waals surface area contributed by atoms with Gasteiger partial charge in [0, 0.05) is 18.5 Å². The van der Waals surface area contributed by atoms with Crippen LogP contribution in [0, 0.1) is 0 Å². The van der Waals surface area contributed by atoms with E-state index in [0.29, 0.717) is 0 Å². The van der Waals surface area contributed by atoms with Crippen LogP contribution in [0.1, 0.15) is 0 Å². The smallest absolute Gasteiger partial charge is 0.191 e. The Morgan fingerprint density at radius 3 is 2.71 bits per heavy atom. The third kappa shape index (κ3) is 0.940. The second kappa shape index (κ2) is 1.82. The topological polar surface area (TPSA) is 3.24 Å². The predicted octanol–water partition coefficient (Wildman–Crippen LogP) is 0.339.